The number of likely N-dealkylation sites (N-methyl/N-ethyl adjacent to an activating group) is 1. The maximum Gasteiger partial charge on any atom is 0.305 e. The summed E-state index contributed by atoms with van der Waals surface area (Å²) in [4.78, 5) is 24.3. The number of methoxy groups -OCH3 is 1. The minimum atomic E-state index is -0.302. The van der Waals surface area contributed by atoms with Crippen LogP contribution < -0.4 is 0 Å². The van der Waals surface area contributed by atoms with Crippen molar-refractivity contribution in [3.63, 3.8) is 0 Å². The normalized spacial score (nSPS) is 11.8. The molecule has 0 aliphatic carbocycles. The lowest BCUT2D eigenvalue weighted by Gasteiger charge is -2.19. The lowest BCUT2D eigenvalue weighted by Crippen LogP contribution is -2.27. The Kier molecular flexibility index (Phi) is 8.11. The molecule has 0 saturated heterocycles. The molecule has 1 rings (SSSR count). The Morgan fingerprint density at radius 1 is 1.26 bits per heavy atom. The number of carbonyl (C=O) groups is 2. The molecule has 6 heteroatoms. The van der Waals surface area contributed by atoms with E-state index in [0.717, 1.165) is 12.0 Å². The van der Waals surface area contributed by atoms with E-state index < -0.39 is 0 Å². The van der Waals surface area contributed by atoms with Crippen molar-refractivity contribution < 1.29 is 24.2 Å². The maximum atomic E-state index is 11.7. The first-order valence-corrected chi connectivity index (χ1v) is 7.61. The number of unbranched alkanes of at least 4 members (excludes halogenated alkanes) is 1. The van der Waals surface area contributed by atoms with Gasteiger partial charge in [-0.05, 0) is 37.0 Å². The van der Waals surface area contributed by atoms with Crippen molar-refractivity contribution in [1.82, 2.24) is 4.90 Å². The van der Waals surface area contributed by atoms with E-state index in [1.807, 2.05) is 6.07 Å². The van der Waals surface area contributed by atoms with Gasteiger partial charge in [-0.25, -0.2) is 0 Å². The van der Waals surface area contributed by atoms with Crippen LogP contribution in [0.3, 0.4) is 0 Å². The van der Waals surface area contributed by atoms with Gasteiger partial charge in [-0.15, -0.1) is 0 Å². The lowest BCUT2D eigenvalue weighted by atomic mass is 10.0. The van der Waals surface area contributed by atoms with Crippen LogP contribution in [0, 0.1) is 0 Å². The van der Waals surface area contributed by atoms with E-state index in [-0.39, 0.29) is 30.3 Å². The molecule has 0 aliphatic heterocycles. The fraction of sp³-hybridized carbons (Fsp3) is 0.529. The van der Waals surface area contributed by atoms with Crippen LogP contribution in [0.5, 0.6) is 5.75 Å². The van der Waals surface area contributed by atoms with Gasteiger partial charge in [0.2, 0.25) is 5.91 Å². The van der Waals surface area contributed by atoms with E-state index in [2.05, 4.69) is 4.74 Å². The molecule has 128 valence electrons. The summed E-state index contributed by atoms with van der Waals surface area (Å²) in [6, 6.07) is 6.81. The van der Waals surface area contributed by atoms with E-state index in [9.17, 15) is 14.7 Å². The van der Waals surface area contributed by atoms with E-state index in [0.29, 0.717) is 19.3 Å². The van der Waals surface area contributed by atoms with Gasteiger partial charge in [-0.1, -0.05) is 12.1 Å². The van der Waals surface area contributed by atoms with Gasteiger partial charge in [0.05, 0.1) is 13.2 Å². The van der Waals surface area contributed by atoms with Gasteiger partial charge >= 0.3 is 5.97 Å². The zero-order valence-electron chi connectivity index (χ0n) is 13.9. The number of hydrogen-bond donors (Lipinski definition) is 1. The highest BCUT2D eigenvalue weighted by molar-refractivity contribution is 5.76. The molecule has 23 heavy (non-hydrogen) atoms. The summed E-state index contributed by atoms with van der Waals surface area (Å²) in [7, 11) is 4.71. The molecule has 1 aromatic rings. The van der Waals surface area contributed by atoms with E-state index in [4.69, 9.17) is 4.74 Å². The third kappa shape index (κ3) is 7.15. The quantitative estimate of drug-likeness (QED) is 0.557. The number of esters is 1. The number of phenolic OH excluding ortho intramolecular Hbond substituents is 1. The second-order valence-corrected chi connectivity index (χ2v) is 5.50. The molecule has 1 unspecified atom stereocenters. The van der Waals surface area contributed by atoms with Gasteiger partial charge in [0, 0.05) is 20.5 Å². The van der Waals surface area contributed by atoms with Gasteiger partial charge in [0.15, 0.2) is 0 Å². The van der Waals surface area contributed by atoms with Crippen LogP contribution in [-0.4, -0.2) is 49.7 Å². The fourth-order valence-electron chi connectivity index (χ4n) is 2.07. The Morgan fingerprint density at radius 2 is 2.00 bits per heavy atom. The number of hydrogen-bond acceptors (Lipinski definition) is 5. The molecule has 0 heterocycles. The number of amides is 1. The molecule has 0 saturated carbocycles. The molecule has 0 radical (unpaired) electrons. The van der Waals surface area contributed by atoms with Crippen LogP contribution in [0.2, 0.25) is 0 Å². The molecule has 0 aromatic heterocycles. The number of aromatic hydroxyl groups is 1. The molecule has 6 nitrogen and oxygen atoms in total. The molecule has 0 spiro atoms. The third-order valence-corrected chi connectivity index (χ3v) is 3.47. The van der Waals surface area contributed by atoms with Crippen LogP contribution in [0.4, 0.5) is 0 Å². The molecular weight excluding hydrogens is 298 g/mol. The maximum absolute atomic E-state index is 11.7. The standard InChI is InChI=1S/C17H25NO5/c1-18(2)16(20)12-23-15(9-4-5-10-17(21)22-3)13-7-6-8-14(19)11-13/h6-8,11,15,19H,4-5,9-10,12H2,1-3H3. The van der Waals surface area contributed by atoms with Crippen LogP contribution in [0.1, 0.15) is 37.4 Å². The third-order valence-electron chi connectivity index (χ3n) is 3.47. The molecule has 0 bridgehead atoms. The topological polar surface area (TPSA) is 76.1 Å². The summed E-state index contributed by atoms with van der Waals surface area (Å²) in [5.41, 5.74) is 0.814. The van der Waals surface area contributed by atoms with Crippen LogP contribution >= 0.6 is 0 Å². The SMILES string of the molecule is COC(=O)CCCCC(OCC(=O)N(C)C)c1cccc(O)c1. The second kappa shape index (κ2) is 9.84. The number of benzene rings is 1. The Balaban J connectivity index is 2.61. The monoisotopic (exact) mass is 323 g/mol. The Labute approximate surface area is 137 Å². The molecule has 0 fully saturated rings. The van der Waals surface area contributed by atoms with Crippen molar-refractivity contribution in [2.75, 3.05) is 27.8 Å². The van der Waals surface area contributed by atoms with Crippen molar-refractivity contribution in [3.05, 3.63) is 29.8 Å². The van der Waals surface area contributed by atoms with Crippen molar-refractivity contribution in [3.8, 4) is 5.75 Å². The molecule has 0 aliphatic rings. The number of ether oxygens (including phenoxy) is 2. The van der Waals surface area contributed by atoms with Gasteiger partial charge in [0.25, 0.3) is 0 Å². The summed E-state index contributed by atoms with van der Waals surface area (Å²) in [6.45, 7) is -0.0235. The average Bonchev–Trinajstić information content (AvgIpc) is 2.53. The second-order valence-electron chi connectivity index (χ2n) is 5.50. The van der Waals surface area contributed by atoms with E-state index >= 15 is 0 Å². The molecule has 1 atom stereocenters. The molecule has 1 amide bonds. The minimum absolute atomic E-state index is 0.0235. The molecule has 1 N–H and O–H groups in total. The minimum Gasteiger partial charge on any atom is -0.508 e. The summed E-state index contributed by atoms with van der Waals surface area (Å²) in [5.74, 6) is -0.197. The molecular formula is C17H25NO5. The Morgan fingerprint density at radius 3 is 2.61 bits per heavy atom. The number of phenols is 1. The smallest absolute Gasteiger partial charge is 0.305 e. The summed E-state index contributed by atoms with van der Waals surface area (Å²) < 4.78 is 10.3. The molecule has 1 aromatic carbocycles. The highest BCUT2D eigenvalue weighted by Crippen LogP contribution is 2.26. The van der Waals surface area contributed by atoms with E-state index in [1.165, 1.54) is 12.0 Å². The van der Waals surface area contributed by atoms with Gasteiger partial charge < -0.3 is 19.5 Å². The summed E-state index contributed by atoms with van der Waals surface area (Å²) in [5, 5.41) is 9.61. The van der Waals surface area contributed by atoms with Gasteiger partial charge in [-0.3, -0.25) is 9.59 Å². The Hall–Kier alpha value is -2.08. The predicted octanol–water partition coefficient (Wildman–Crippen LogP) is 2.27. The number of rotatable bonds is 9. The van der Waals surface area contributed by atoms with Crippen molar-refractivity contribution in [2.45, 2.75) is 31.8 Å². The number of carbonyl (C=O) groups excluding carboxylic acids is 2. The highest BCUT2D eigenvalue weighted by Gasteiger charge is 2.15. The Bertz CT molecular complexity index is 515. The zero-order chi connectivity index (χ0) is 17.2. The van der Waals surface area contributed by atoms with Crippen LogP contribution in [-0.2, 0) is 19.1 Å². The van der Waals surface area contributed by atoms with E-state index in [1.54, 1.807) is 32.3 Å². The average molecular weight is 323 g/mol. The van der Waals surface area contributed by atoms with Crippen molar-refractivity contribution in [1.29, 1.82) is 0 Å². The lowest BCUT2D eigenvalue weighted by molar-refractivity contribution is -0.140. The summed E-state index contributed by atoms with van der Waals surface area (Å²) >= 11 is 0. The first-order chi connectivity index (χ1) is 10.9. The first-order valence-electron chi connectivity index (χ1n) is 7.61. The zero-order valence-corrected chi connectivity index (χ0v) is 13.9. The van der Waals surface area contributed by atoms with Crippen molar-refractivity contribution >= 4 is 11.9 Å². The first kappa shape index (κ1) is 19.0. The highest BCUT2D eigenvalue weighted by atomic mass is 16.5. The van der Waals surface area contributed by atoms with Crippen LogP contribution in [0.25, 0.3) is 0 Å². The summed E-state index contributed by atoms with van der Waals surface area (Å²) in [6.07, 6.45) is 2.16. The number of nitrogens with zero attached hydrogens (tertiary/aromatic N) is 1. The van der Waals surface area contributed by atoms with Crippen LogP contribution in [0.15, 0.2) is 24.3 Å². The largest absolute Gasteiger partial charge is 0.508 e. The fourth-order valence-corrected chi connectivity index (χ4v) is 2.07. The van der Waals surface area contributed by atoms with Gasteiger partial charge in [0.1, 0.15) is 12.4 Å². The van der Waals surface area contributed by atoms with Crippen molar-refractivity contribution in [2.24, 2.45) is 0 Å². The van der Waals surface area contributed by atoms with Gasteiger partial charge in [-0.2, -0.15) is 0 Å². The predicted molar refractivity (Wildman–Crippen MR) is 86.0 cm³/mol.